The lowest BCUT2D eigenvalue weighted by Crippen LogP contribution is -2.56. The third kappa shape index (κ3) is 3.54. The Balaban J connectivity index is 1.04. The van der Waals surface area contributed by atoms with Crippen LogP contribution < -0.4 is 5.32 Å². The van der Waals surface area contributed by atoms with Crippen LogP contribution in [0.4, 0.5) is 0 Å². The van der Waals surface area contributed by atoms with Crippen LogP contribution in [0.3, 0.4) is 0 Å². The molecule has 5 aliphatic carbocycles. The molecule has 170 valence electrons. The molecular weight excluding hydrogens is 402 g/mol. The van der Waals surface area contributed by atoms with E-state index >= 15 is 0 Å². The third-order valence-electron chi connectivity index (χ3n) is 8.95. The molecule has 32 heavy (non-hydrogen) atoms. The minimum Gasteiger partial charge on any atom is -0.464 e. The first kappa shape index (κ1) is 20.3. The molecule has 0 saturated heterocycles. The highest BCUT2D eigenvalue weighted by Crippen LogP contribution is 2.61. The summed E-state index contributed by atoms with van der Waals surface area (Å²) in [6.45, 7) is 1.95. The topological polar surface area (TPSA) is 68.5 Å². The van der Waals surface area contributed by atoms with Crippen LogP contribution in [0.5, 0.6) is 0 Å². The van der Waals surface area contributed by atoms with E-state index in [1.54, 1.807) is 6.26 Å². The Hall–Kier alpha value is -2.30. The summed E-state index contributed by atoms with van der Waals surface area (Å²) in [7, 11) is 0. The maximum atomic E-state index is 12.6. The van der Waals surface area contributed by atoms with E-state index in [9.17, 15) is 9.59 Å². The number of esters is 1. The van der Waals surface area contributed by atoms with Crippen molar-refractivity contribution in [1.82, 2.24) is 5.32 Å². The van der Waals surface area contributed by atoms with Gasteiger partial charge in [0.1, 0.15) is 5.58 Å². The molecule has 2 aromatic rings. The van der Waals surface area contributed by atoms with E-state index in [0.29, 0.717) is 0 Å². The normalized spacial score (nSPS) is 31.0. The molecule has 4 fully saturated rings. The van der Waals surface area contributed by atoms with Crippen molar-refractivity contribution >= 4 is 22.8 Å². The number of amides is 1. The highest BCUT2D eigenvalue weighted by atomic mass is 16.5. The van der Waals surface area contributed by atoms with Crippen molar-refractivity contribution in [3.63, 3.8) is 0 Å². The number of fused-ring (bicyclic) bond motifs is 2. The van der Waals surface area contributed by atoms with Crippen molar-refractivity contribution in [2.75, 3.05) is 6.61 Å². The maximum absolute atomic E-state index is 12.6. The molecule has 1 aromatic heterocycles. The first-order chi connectivity index (χ1) is 15.5. The molecule has 7 rings (SSSR count). The minimum atomic E-state index is -0.384. The van der Waals surface area contributed by atoms with Gasteiger partial charge in [-0.05, 0) is 111 Å². The van der Waals surface area contributed by atoms with Gasteiger partial charge in [0.2, 0.25) is 0 Å². The Morgan fingerprint density at radius 3 is 2.44 bits per heavy atom. The van der Waals surface area contributed by atoms with Gasteiger partial charge in [0.15, 0.2) is 6.61 Å². The second-order valence-electron chi connectivity index (χ2n) is 11.1. The first-order valence-electron chi connectivity index (χ1n) is 12.4. The summed E-state index contributed by atoms with van der Waals surface area (Å²) >= 11 is 0. The standard InChI is InChI=1S/C27H33NO4/c1-16(27-11-17-5-18(12-27)7-19(6-17)13-27)28-25(29)15-32-26(30)10-22-14-31-24-9-21-4-2-3-20(21)8-23(22)24/h8-9,14,16-19H,2-7,10-13,15H2,1H3,(H,28,29)/t16-,17?,18?,19?,27?/m0/s1. The summed E-state index contributed by atoms with van der Waals surface area (Å²) < 4.78 is 11.0. The van der Waals surface area contributed by atoms with Gasteiger partial charge >= 0.3 is 5.97 Å². The van der Waals surface area contributed by atoms with E-state index in [0.717, 1.165) is 47.1 Å². The van der Waals surface area contributed by atoms with Crippen LogP contribution in [0.2, 0.25) is 0 Å². The van der Waals surface area contributed by atoms with E-state index in [2.05, 4.69) is 24.4 Å². The Kier molecular flexibility index (Phi) is 4.85. The quantitative estimate of drug-likeness (QED) is 0.666. The summed E-state index contributed by atoms with van der Waals surface area (Å²) in [6.07, 6.45) is 13.1. The van der Waals surface area contributed by atoms with E-state index < -0.39 is 0 Å². The van der Waals surface area contributed by atoms with Crippen LogP contribution in [0.25, 0.3) is 11.0 Å². The molecule has 1 aromatic carbocycles. The molecule has 4 saturated carbocycles. The zero-order valence-corrected chi connectivity index (χ0v) is 19.0. The second-order valence-corrected chi connectivity index (χ2v) is 11.1. The summed E-state index contributed by atoms with van der Waals surface area (Å²) in [6, 6.07) is 4.40. The minimum absolute atomic E-state index is 0.129. The molecule has 0 spiro atoms. The largest absolute Gasteiger partial charge is 0.464 e. The van der Waals surface area contributed by atoms with Crippen LogP contribution >= 0.6 is 0 Å². The van der Waals surface area contributed by atoms with Crippen LogP contribution in [0.15, 0.2) is 22.8 Å². The van der Waals surface area contributed by atoms with Gasteiger partial charge in [-0.1, -0.05) is 0 Å². The van der Waals surface area contributed by atoms with Crippen molar-refractivity contribution in [1.29, 1.82) is 0 Å². The fraction of sp³-hybridized carbons (Fsp3) is 0.630. The Bertz CT molecular complexity index is 1030. The molecule has 0 unspecified atom stereocenters. The summed E-state index contributed by atoms with van der Waals surface area (Å²) in [4.78, 5) is 25.0. The number of nitrogens with one attached hydrogen (secondary N) is 1. The third-order valence-corrected chi connectivity index (χ3v) is 8.95. The fourth-order valence-corrected chi connectivity index (χ4v) is 7.78. The Labute approximate surface area is 189 Å². The molecule has 4 bridgehead atoms. The monoisotopic (exact) mass is 435 g/mol. The second kappa shape index (κ2) is 7.64. The predicted octanol–water partition coefficient (Wildman–Crippen LogP) is 4.73. The van der Waals surface area contributed by atoms with Gasteiger partial charge in [0.25, 0.3) is 5.91 Å². The van der Waals surface area contributed by atoms with Crippen molar-refractivity contribution in [2.45, 2.75) is 77.2 Å². The molecule has 1 atom stereocenters. The van der Waals surface area contributed by atoms with Gasteiger partial charge in [-0.3, -0.25) is 9.59 Å². The summed E-state index contributed by atoms with van der Waals surface area (Å²) in [5, 5.41) is 4.16. The van der Waals surface area contributed by atoms with Gasteiger partial charge in [-0.2, -0.15) is 0 Å². The van der Waals surface area contributed by atoms with E-state index in [1.165, 1.54) is 56.1 Å². The number of carbonyl (C=O) groups excluding carboxylic acids is 2. The van der Waals surface area contributed by atoms with E-state index in [-0.39, 0.29) is 36.4 Å². The Morgan fingerprint density at radius 2 is 1.75 bits per heavy atom. The van der Waals surface area contributed by atoms with E-state index in [1.807, 2.05) is 0 Å². The number of hydrogen-bond acceptors (Lipinski definition) is 4. The fourth-order valence-electron chi connectivity index (χ4n) is 7.78. The van der Waals surface area contributed by atoms with Crippen LogP contribution in [0, 0.1) is 23.2 Å². The van der Waals surface area contributed by atoms with Crippen molar-refractivity contribution < 1.29 is 18.7 Å². The molecule has 5 heteroatoms. The molecule has 1 heterocycles. The molecule has 5 aliphatic rings. The SMILES string of the molecule is C[C@H](NC(=O)COC(=O)Cc1coc2cc3c(cc12)CCC3)C12CC3CC(CC(C3)C1)C2. The average molecular weight is 436 g/mol. The molecule has 1 amide bonds. The summed E-state index contributed by atoms with van der Waals surface area (Å²) in [5.74, 6) is 1.99. The Morgan fingerprint density at radius 1 is 1.09 bits per heavy atom. The molecule has 1 N–H and O–H groups in total. The lowest BCUT2D eigenvalue weighted by Gasteiger charge is -2.59. The average Bonchev–Trinajstić information content (AvgIpc) is 3.36. The lowest BCUT2D eigenvalue weighted by molar-refractivity contribution is -0.148. The molecule has 0 radical (unpaired) electrons. The zero-order valence-electron chi connectivity index (χ0n) is 19.0. The van der Waals surface area contributed by atoms with Gasteiger partial charge < -0.3 is 14.5 Å². The number of hydrogen-bond donors (Lipinski definition) is 1. The number of carbonyl (C=O) groups is 2. The van der Waals surface area contributed by atoms with Gasteiger partial charge in [-0.15, -0.1) is 0 Å². The van der Waals surface area contributed by atoms with Crippen molar-refractivity contribution in [2.24, 2.45) is 23.2 Å². The van der Waals surface area contributed by atoms with Crippen LogP contribution in [0.1, 0.15) is 68.6 Å². The van der Waals surface area contributed by atoms with Crippen molar-refractivity contribution in [3.8, 4) is 0 Å². The number of ether oxygens (including phenoxy) is 1. The van der Waals surface area contributed by atoms with Crippen LogP contribution in [-0.4, -0.2) is 24.5 Å². The highest BCUT2D eigenvalue weighted by Gasteiger charge is 2.53. The van der Waals surface area contributed by atoms with Crippen LogP contribution in [-0.2, 0) is 33.6 Å². The highest BCUT2D eigenvalue weighted by molar-refractivity contribution is 5.88. The smallest absolute Gasteiger partial charge is 0.310 e. The van der Waals surface area contributed by atoms with Gasteiger partial charge in [0.05, 0.1) is 12.7 Å². The molecular formula is C27H33NO4. The number of furan rings is 1. The maximum Gasteiger partial charge on any atom is 0.310 e. The lowest BCUT2D eigenvalue weighted by atomic mass is 9.48. The number of aryl methyl sites for hydroxylation is 2. The zero-order chi connectivity index (χ0) is 21.9. The van der Waals surface area contributed by atoms with Gasteiger partial charge in [-0.25, -0.2) is 0 Å². The predicted molar refractivity (Wildman–Crippen MR) is 121 cm³/mol. The first-order valence-corrected chi connectivity index (χ1v) is 12.4. The van der Waals surface area contributed by atoms with Crippen molar-refractivity contribution in [3.05, 3.63) is 35.1 Å². The number of rotatable bonds is 6. The number of benzene rings is 1. The van der Waals surface area contributed by atoms with Gasteiger partial charge in [0, 0.05) is 17.0 Å². The molecule has 5 nitrogen and oxygen atoms in total. The van der Waals surface area contributed by atoms with E-state index in [4.69, 9.17) is 9.15 Å². The molecule has 0 aliphatic heterocycles. The summed E-state index contributed by atoms with van der Waals surface area (Å²) in [5.41, 5.74) is 4.62.